The molecule has 1 aliphatic carbocycles. The van der Waals surface area contributed by atoms with Gasteiger partial charge < -0.3 is 10.2 Å². The second kappa shape index (κ2) is 7.28. The van der Waals surface area contributed by atoms with Gasteiger partial charge in [-0.1, -0.05) is 19.8 Å². The van der Waals surface area contributed by atoms with Crippen LogP contribution in [0.15, 0.2) is 6.20 Å². The lowest BCUT2D eigenvalue weighted by Gasteiger charge is -2.33. The van der Waals surface area contributed by atoms with Crippen molar-refractivity contribution in [1.82, 2.24) is 24.6 Å². The Morgan fingerprint density at radius 3 is 2.80 bits per heavy atom. The highest BCUT2D eigenvalue weighted by atomic mass is 15.3. The maximum Gasteiger partial charge on any atom is 0.163 e. The van der Waals surface area contributed by atoms with E-state index in [4.69, 9.17) is 9.97 Å². The van der Waals surface area contributed by atoms with E-state index in [-0.39, 0.29) is 0 Å². The van der Waals surface area contributed by atoms with Crippen LogP contribution in [0.4, 0.5) is 5.82 Å². The molecule has 2 aromatic rings. The van der Waals surface area contributed by atoms with Gasteiger partial charge in [0.15, 0.2) is 5.65 Å². The summed E-state index contributed by atoms with van der Waals surface area (Å²) in [6.07, 6.45) is 10.6. The van der Waals surface area contributed by atoms with Gasteiger partial charge >= 0.3 is 0 Å². The summed E-state index contributed by atoms with van der Waals surface area (Å²) in [5.74, 6) is 2.52. The second-order valence-corrected chi connectivity index (χ2v) is 7.70. The summed E-state index contributed by atoms with van der Waals surface area (Å²) in [6, 6.07) is 0.468. The molecule has 2 fully saturated rings. The van der Waals surface area contributed by atoms with Gasteiger partial charge in [0.2, 0.25) is 0 Å². The minimum Gasteiger partial charge on any atom is -0.365 e. The Kier molecular flexibility index (Phi) is 4.88. The normalized spacial score (nSPS) is 22.7. The smallest absolute Gasteiger partial charge is 0.163 e. The number of hydrogen-bond donors (Lipinski definition) is 1. The average molecular weight is 342 g/mol. The number of aryl methyl sites for hydroxylation is 1. The third-order valence-corrected chi connectivity index (χ3v) is 5.72. The predicted molar refractivity (Wildman–Crippen MR) is 101 cm³/mol. The molecule has 2 aliphatic rings. The number of nitrogens with one attached hydrogen (secondary N) is 1. The zero-order chi connectivity index (χ0) is 17.2. The van der Waals surface area contributed by atoms with E-state index in [0.717, 1.165) is 29.2 Å². The van der Waals surface area contributed by atoms with Crippen molar-refractivity contribution in [2.45, 2.75) is 63.8 Å². The molecule has 4 rings (SSSR count). The van der Waals surface area contributed by atoms with Crippen molar-refractivity contribution < 1.29 is 0 Å². The van der Waals surface area contributed by atoms with Gasteiger partial charge in [0, 0.05) is 25.6 Å². The van der Waals surface area contributed by atoms with Gasteiger partial charge in [0.1, 0.15) is 11.6 Å². The number of aromatic nitrogens is 4. The summed E-state index contributed by atoms with van der Waals surface area (Å²) in [5.41, 5.74) is 0.959. The fraction of sp³-hybridized carbons (Fsp3) is 0.737. The zero-order valence-corrected chi connectivity index (χ0v) is 15.5. The maximum atomic E-state index is 4.97. The van der Waals surface area contributed by atoms with Crippen LogP contribution in [-0.2, 0) is 7.05 Å². The summed E-state index contributed by atoms with van der Waals surface area (Å²) < 4.78 is 1.88. The first-order chi connectivity index (χ1) is 12.2. The average Bonchev–Trinajstić information content (AvgIpc) is 3.26. The molecule has 25 heavy (non-hydrogen) atoms. The van der Waals surface area contributed by atoms with Crippen LogP contribution < -0.4 is 5.32 Å². The van der Waals surface area contributed by atoms with E-state index < -0.39 is 0 Å². The van der Waals surface area contributed by atoms with Crippen LogP contribution in [0.2, 0.25) is 0 Å². The molecule has 2 aromatic heterocycles. The van der Waals surface area contributed by atoms with Crippen molar-refractivity contribution in [3.63, 3.8) is 0 Å². The molecule has 1 saturated heterocycles. The Morgan fingerprint density at radius 1 is 1.16 bits per heavy atom. The Balaban J connectivity index is 1.61. The Labute approximate surface area is 150 Å². The van der Waals surface area contributed by atoms with E-state index in [1.807, 2.05) is 17.9 Å². The fourth-order valence-corrected chi connectivity index (χ4v) is 4.40. The first kappa shape index (κ1) is 16.8. The van der Waals surface area contributed by atoms with Crippen LogP contribution in [0, 0.1) is 0 Å². The van der Waals surface area contributed by atoms with E-state index in [2.05, 4.69) is 22.2 Å². The molecule has 0 amide bonds. The maximum absolute atomic E-state index is 4.97. The van der Waals surface area contributed by atoms with Crippen LogP contribution in [0.1, 0.15) is 63.6 Å². The number of hydrogen-bond acceptors (Lipinski definition) is 5. The Hall–Kier alpha value is -1.69. The highest BCUT2D eigenvalue weighted by molar-refractivity contribution is 5.86. The topological polar surface area (TPSA) is 58.9 Å². The van der Waals surface area contributed by atoms with Crippen molar-refractivity contribution in [2.24, 2.45) is 7.05 Å². The van der Waals surface area contributed by atoms with Crippen LogP contribution >= 0.6 is 0 Å². The molecular weight excluding hydrogens is 312 g/mol. The molecule has 6 heteroatoms. The zero-order valence-electron chi connectivity index (χ0n) is 15.5. The minimum atomic E-state index is 0.468. The fourth-order valence-electron chi connectivity index (χ4n) is 4.40. The molecule has 136 valence electrons. The van der Waals surface area contributed by atoms with E-state index >= 15 is 0 Å². The molecule has 0 radical (unpaired) electrons. The molecular formula is C19H30N6. The minimum absolute atomic E-state index is 0.468. The lowest BCUT2D eigenvalue weighted by Crippen LogP contribution is -2.42. The highest BCUT2D eigenvalue weighted by Gasteiger charge is 2.24. The van der Waals surface area contributed by atoms with Gasteiger partial charge in [0.05, 0.1) is 11.6 Å². The first-order valence-electron chi connectivity index (χ1n) is 9.93. The van der Waals surface area contributed by atoms with E-state index in [9.17, 15) is 0 Å². The lowest BCUT2D eigenvalue weighted by molar-refractivity contribution is 0.216. The molecule has 0 bridgehead atoms. The number of likely N-dealkylation sites (tertiary alicyclic amines) is 1. The number of rotatable bonds is 5. The summed E-state index contributed by atoms with van der Waals surface area (Å²) in [6.45, 7) is 5.79. The SMILES string of the molecule is CCCN1CCC[C@H](Nc2nc(C3CCCC3)nc3c2cnn3C)C1. The molecule has 0 aromatic carbocycles. The van der Waals surface area contributed by atoms with Crippen molar-refractivity contribution >= 4 is 16.9 Å². The molecule has 1 aliphatic heterocycles. The standard InChI is InChI=1S/C19H30N6/c1-3-10-25-11-6-9-15(13-25)21-18-16-12-20-24(2)19(16)23-17(22-18)14-7-4-5-8-14/h12,14-15H,3-11,13H2,1-2H3,(H,21,22,23)/t15-/m0/s1. The van der Waals surface area contributed by atoms with Gasteiger partial charge in [-0.15, -0.1) is 0 Å². The number of piperidine rings is 1. The summed E-state index contributed by atoms with van der Waals surface area (Å²) in [7, 11) is 1.97. The van der Waals surface area contributed by atoms with Gasteiger partial charge in [-0.2, -0.15) is 5.10 Å². The van der Waals surface area contributed by atoms with Gasteiger partial charge in [-0.05, 0) is 45.2 Å². The quantitative estimate of drug-likeness (QED) is 0.903. The van der Waals surface area contributed by atoms with Crippen molar-refractivity contribution in [3.05, 3.63) is 12.0 Å². The van der Waals surface area contributed by atoms with Crippen LogP contribution in [-0.4, -0.2) is 50.3 Å². The number of anilines is 1. The molecule has 1 saturated carbocycles. The molecule has 0 spiro atoms. The van der Waals surface area contributed by atoms with Gasteiger partial charge in [-0.3, -0.25) is 4.68 Å². The Bertz CT molecular complexity index is 716. The van der Waals surface area contributed by atoms with Crippen molar-refractivity contribution in [3.8, 4) is 0 Å². The largest absolute Gasteiger partial charge is 0.365 e. The van der Waals surface area contributed by atoms with Crippen LogP contribution in [0.25, 0.3) is 11.0 Å². The number of nitrogens with zero attached hydrogens (tertiary/aromatic N) is 5. The number of fused-ring (bicyclic) bond motifs is 1. The monoisotopic (exact) mass is 342 g/mol. The van der Waals surface area contributed by atoms with Gasteiger partial charge in [0.25, 0.3) is 0 Å². The second-order valence-electron chi connectivity index (χ2n) is 7.70. The van der Waals surface area contributed by atoms with Crippen LogP contribution in [0.3, 0.4) is 0 Å². The predicted octanol–water partition coefficient (Wildman–Crippen LogP) is 3.31. The Morgan fingerprint density at radius 2 is 2.00 bits per heavy atom. The van der Waals surface area contributed by atoms with Crippen LogP contribution in [0.5, 0.6) is 0 Å². The summed E-state index contributed by atoms with van der Waals surface area (Å²) in [4.78, 5) is 12.4. The third kappa shape index (κ3) is 3.50. The van der Waals surface area contributed by atoms with E-state index in [1.165, 1.54) is 58.0 Å². The molecule has 1 atom stereocenters. The van der Waals surface area contributed by atoms with Gasteiger partial charge in [-0.25, -0.2) is 9.97 Å². The summed E-state index contributed by atoms with van der Waals surface area (Å²) in [5, 5.41) is 9.22. The summed E-state index contributed by atoms with van der Waals surface area (Å²) >= 11 is 0. The highest BCUT2D eigenvalue weighted by Crippen LogP contribution is 2.34. The molecule has 3 heterocycles. The van der Waals surface area contributed by atoms with Crippen molar-refractivity contribution in [1.29, 1.82) is 0 Å². The molecule has 1 N–H and O–H groups in total. The molecule has 0 unspecified atom stereocenters. The van der Waals surface area contributed by atoms with Crippen molar-refractivity contribution in [2.75, 3.05) is 25.0 Å². The van der Waals surface area contributed by atoms with E-state index in [0.29, 0.717) is 12.0 Å². The lowest BCUT2D eigenvalue weighted by atomic mass is 10.1. The van der Waals surface area contributed by atoms with E-state index in [1.54, 1.807) is 0 Å². The molecule has 6 nitrogen and oxygen atoms in total. The first-order valence-corrected chi connectivity index (χ1v) is 9.93. The third-order valence-electron chi connectivity index (χ3n) is 5.72.